The molecule has 0 saturated carbocycles. The summed E-state index contributed by atoms with van der Waals surface area (Å²) >= 11 is 3.41. The van der Waals surface area contributed by atoms with E-state index in [1.54, 1.807) is 33.8 Å². The number of carbonyl (C=O) groups excluding carboxylic acids is 1. The minimum absolute atomic E-state index is 0.444. The van der Waals surface area contributed by atoms with Crippen LogP contribution in [0.4, 0.5) is 10.5 Å². The highest BCUT2D eigenvalue weighted by Crippen LogP contribution is 2.31. The zero-order chi connectivity index (χ0) is 16.4. The van der Waals surface area contributed by atoms with Gasteiger partial charge in [-0.3, -0.25) is 4.79 Å². The van der Waals surface area contributed by atoms with Gasteiger partial charge in [-0.25, -0.2) is 4.79 Å². The van der Waals surface area contributed by atoms with Crippen LogP contribution in [0.2, 0.25) is 0 Å². The topological polar surface area (TPSA) is 78.4 Å². The molecular weight excluding hydrogens is 336 g/mol. The van der Waals surface area contributed by atoms with E-state index in [4.69, 9.17) is 0 Å². The Morgan fingerprint density at radius 1 is 1.19 bits per heavy atom. The predicted octanol–water partition coefficient (Wildman–Crippen LogP) is 3.77. The van der Waals surface area contributed by atoms with Crippen molar-refractivity contribution in [1.29, 1.82) is 0 Å². The maximum Gasteiger partial charge on any atom is 0.319 e. The van der Waals surface area contributed by atoms with Crippen LogP contribution in [0.3, 0.4) is 0 Å². The van der Waals surface area contributed by atoms with Gasteiger partial charge in [0, 0.05) is 4.47 Å². The first-order valence-corrected chi connectivity index (χ1v) is 7.36. The van der Waals surface area contributed by atoms with Gasteiger partial charge in [0.15, 0.2) is 0 Å². The third kappa shape index (κ3) is 3.75. The number of urea groups is 1. The number of carboxylic acids is 1. The van der Waals surface area contributed by atoms with Gasteiger partial charge in [0.05, 0.1) is 16.6 Å². The Bertz CT molecular complexity index is 568. The van der Waals surface area contributed by atoms with E-state index < -0.39 is 23.0 Å². The molecule has 0 atom stereocenters. The second kappa shape index (κ2) is 6.05. The Morgan fingerprint density at radius 3 is 2.29 bits per heavy atom. The minimum Gasteiger partial charge on any atom is -0.481 e. The van der Waals surface area contributed by atoms with Crippen LogP contribution in [0.25, 0.3) is 0 Å². The molecule has 1 aromatic carbocycles. The highest BCUT2D eigenvalue weighted by atomic mass is 79.9. The van der Waals surface area contributed by atoms with Gasteiger partial charge in [-0.15, -0.1) is 0 Å². The molecule has 0 unspecified atom stereocenters. The zero-order valence-electron chi connectivity index (χ0n) is 12.9. The van der Waals surface area contributed by atoms with Crippen molar-refractivity contribution in [2.75, 3.05) is 5.32 Å². The van der Waals surface area contributed by atoms with Crippen molar-refractivity contribution in [1.82, 2.24) is 5.32 Å². The molecular formula is C15H21BrN2O3. The van der Waals surface area contributed by atoms with E-state index >= 15 is 0 Å². The summed E-state index contributed by atoms with van der Waals surface area (Å²) in [4.78, 5) is 23.5. The largest absolute Gasteiger partial charge is 0.481 e. The summed E-state index contributed by atoms with van der Waals surface area (Å²) < 4.78 is 0.801. The monoisotopic (exact) mass is 356 g/mol. The van der Waals surface area contributed by atoms with E-state index in [1.807, 2.05) is 19.1 Å². The number of carboxylic acid groups (broad SMARTS) is 1. The van der Waals surface area contributed by atoms with Crippen LogP contribution in [0.5, 0.6) is 0 Å². The Balaban J connectivity index is 2.87. The maximum absolute atomic E-state index is 12.1. The number of aliphatic carboxylic acids is 1. The lowest BCUT2D eigenvalue weighted by atomic mass is 9.74. The van der Waals surface area contributed by atoms with Crippen LogP contribution in [-0.4, -0.2) is 22.6 Å². The number of amides is 2. The third-order valence-electron chi connectivity index (χ3n) is 3.96. The summed E-state index contributed by atoms with van der Waals surface area (Å²) in [5.41, 5.74) is -0.387. The number of nitrogens with one attached hydrogen (secondary N) is 2. The van der Waals surface area contributed by atoms with Crippen molar-refractivity contribution >= 4 is 33.6 Å². The van der Waals surface area contributed by atoms with E-state index in [0.29, 0.717) is 5.69 Å². The van der Waals surface area contributed by atoms with E-state index in [9.17, 15) is 14.7 Å². The average Bonchev–Trinajstić information content (AvgIpc) is 2.33. The molecule has 0 fully saturated rings. The first kappa shape index (κ1) is 17.5. The zero-order valence-corrected chi connectivity index (χ0v) is 14.5. The van der Waals surface area contributed by atoms with Crippen molar-refractivity contribution in [2.45, 2.75) is 40.2 Å². The Labute approximate surface area is 133 Å². The molecule has 116 valence electrons. The second-order valence-corrected chi connectivity index (χ2v) is 6.86. The third-order valence-corrected chi connectivity index (χ3v) is 5.02. The molecule has 0 aliphatic rings. The number of benzene rings is 1. The number of anilines is 1. The van der Waals surface area contributed by atoms with Crippen LogP contribution in [0, 0.1) is 12.3 Å². The normalized spacial score (nSPS) is 11.9. The molecule has 5 nitrogen and oxygen atoms in total. The fourth-order valence-electron chi connectivity index (χ4n) is 1.60. The van der Waals surface area contributed by atoms with Gasteiger partial charge in [0.25, 0.3) is 0 Å². The maximum atomic E-state index is 12.1. The molecule has 6 heteroatoms. The highest BCUT2D eigenvalue weighted by Gasteiger charge is 2.44. The fraction of sp³-hybridized carbons (Fsp3) is 0.467. The summed E-state index contributed by atoms with van der Waals surface area (Å²) in [5, 5.41) is 14.7. The van der Waals surface area contributed by atoms with E-state index in [-0.39, 0.29) is 0 Å². The number of rotatable bonds is 4. The standard InChI is InChI=1S/C15H21BrN2O3/c1-9-7-6-8-10(11(9)16)17-13(21)18-15(4,5)14(2,3)12(19)20/h6-8H,1-5H3,(H,19,20)(H2,17,18,21). The summed E-state index contributed by atoms with van der Waals surface area (Å²) in [7, 11) is 0. The first-order chi connectivity index (χ1) is 9.49. The molecule has 1 rings (SSSR count). The minimum atomic E-state index is -1.10. The van der Waals surface area contributed by atoms with Crippen molar-refractivity contribution in [3.05, 3.63) is 28.2 Å². The average molecular weight is 357 g/mol. The van der Waals surface area contributed by atoms with Gasteiger partial charge in [-0.1, -0.05) is 12.1 Å². The lowest BCUT2D eigenvalue weighted by molar-refractivity contribution is -0.150. The van der Waals surface area contributed by atoms with Crippen LogP contribution in [0.15, 0.2) is 22.7 Å². The van der Waals surface area contributed by atoms with Gasteiger partial charge in [0.2, 0.25) is 0 Å². The lowest BCUT2D eigenvalue weighted by Gasteiger charge is -2.38. The number of hydrogen-bond acceptors (Lipinski definition) is 2. The summed E-state index contributed by atoms with van der Waals surface area (Å²) in [6.45, 7) is 8.46. The fourth-order valence-corrected chi connectivity index (χ4v) is 1.97. The molecule has 0 spiro atoms. The van der Waals surface area contributed by atoms with Crippen LogP contribution >= 0.6 is 15.9 Å². The van der Waals surface area contributed by atoms with Crippen molar-refractivity contribution in [3.63, 3.8) is 0 Å². The highest BCUT2D eigenvalue weighted by molar-refractivity contribution is 9.10. The Kier molecular flexibility index (Phi) is 5.04. The molecule has 0 aromatic heterocycles. The Hall–Kier alpha value is -1.56. The van der Waals surface area contributed by atoms with Gasteiger partial charge < -0.3 is 15.7 Å². The summed E-state index contributed by atoms with van der Waals surface area (Å²) in [6, 6.07) is 5.08. The van der Waals surface area contributed by atoms with Gasteiger partial charge in [-0.05, 0) is 62.2 Å². The molecule has 2 amide bonds. The smallest absolute Gasteiger partial charge is 0.319 e. The SMILES string of the molecule is Cc1cccc(NC(=O)NC(C)(C)C(C)(C)C(=O)O)c1Br. The van der Waals surface area contributed by atoms with Gasteiger partial charge in [0.1, 0.15) is 0 Å². The van der Waals surface area contributed by atoms with Crippen molar-refractivity contribution < 1.29 is 14.7 Å². The second-order valence-electron chi connectivity index (χ2n) is 6.07. The molecule has 3 N–H and O–H groups in total. The van der Waals surface area contributed by atoms with E-state index in [2.05, 4.69) is 26.6 Å². The van der Waals surface area contributed by atoms with E-state index in [0.717, 1.165) is 10.0 Å². The molecule has 21 heavy (non-hydrogen) atoms. The molecule has 0 heterocycles. The van der Waals surface area contributed by atoms with Crippen LogP contribution < -0.4 is 10.6 Å². The summed E-state index contributed by atoms with van der Waals surface area (Å²) in [5.74, 6) is -0.968. The predicted molar refractivity (Wildman–Crippen MR) is 86.5 cm³/mol. The number of hydrogen-bond donors (Lipinski definition) is 3. The molecule has 1 aromatic rings. The van der Waals surface area contributed by atoms with Crippen LogP contribution in [-0.2, 0) is 4.79 Å². The van der Waals surface area contributed by atoms with Gasteiger partial charge >= 0.3 is 12.0 Å². The number of carbonyl (C=O) groups is 2. The summed E-state index contributed by atoms with van der Waals surface area (Å²) in [6.07, 6.45) is 0. The van der Waals surface area contributed by atoms with Crippen molar-refractivity contribution in [2.24, 2.45) is 5.41 Å². The molecule has 0 radical (unpaired) electrons. The molecule has 0 saturated heterocycles. The molecule has 0 aliphatic carbocycles. The van der Waals surface area contributed by atoms with Gasteiger partial charge in [-0.2, -0.15) is 0 Å². The first-order valence-electron chi connectivity index (χ1n) is 6.56. The molecule has 0 bridgehead atoms. The Morgan fingerprint density at radius 2 is 1.76 bits per heavy atom. The number of aryl methyl sites for hydroxylation is 1. The number of halogens is 1. The lowest BCUT2D eigenvalue weighted by Crippen LogP contribution is -2.57. The quantitative estimate of drug-likeness (QED) is 0.768. The van der Waals surface area contributed by atoms with Crippen LogP contribution in [0.1, 0.15) is 33.3 Å². The van der Waals surface area contributed by atoms with E-state index in [1.165, 1.54) is 0 Å². The molecule has 0 aliphatic heterocycles. The van der Waals surface area contributed by atoms with Crippen molar-refractivity contribution in [3.8, 4) is 0 Å².